The molecule has 1 amide bonds. The van der Waals surface area contributed by atoms with Gasteiger partial charge < -0.3 is 20.4 Å². The summed E-state index contributed by atoms with van der Waals surface area (Å²) in [5.74, 6) is -0.340. The number of nitrogens with one attached hydrogen (secondary N) is 1. The number of aromatic nitrogens is 1. The van der Waals surface area contributed by atoms with E-state index in [2.05, 4.69) is 10.3 Å². The first kappa shape index (κ1) is 20.7. The van der Waals surface area contributed by atoms with Gasteiger partial charge in [0.15, 0.2) is 0 Å². The zero-order valence-corrected chi connectivity index (χ0v) is 14.9. The highest BCUT2D eigenvalue weighted by Gasteiger charge is 2.34. The number of aliphatic hydroxyl groups is 2. The second-order valence-electron chi connectivity index (χ2n) is 6.65. The van der Waals surface area contributed by atoms with E-state index in [1.165, 1.54) is 6.92 Å². The minimum absolute atomic E-state index is 0.0872. The van der Waals surface area contributed by atoms with Crippen LogP contribution < -0.4 is 10.2 Å². The van der Waals surface area contributed by atoms with Gasteiger partial charge in [-0.3, -0.25) is 4.79 Å². The molecule has 26 heavy (non-hydrogen) atoms. The van der Waals surface area contributed by atoms with E-state index in [4.69, 9.17) is 11.6 Å². The number of hydrogen-bond donors (Lipinski definition) is 3. The lowest BCUT2D eigenvalue weighted by atomic mass is 9.94. The molecule has 146 valence electrons. The first-order chi connectivity index (χ1) is 12.1. The molecular formula is C16H21ClF3N3O3. The maximum absolute atomic E-state index is 12.7. The molecular weight excluding hydrogens is 375 g/mol. The maximum atomic E-state index is 12.7. The van der Waals surface area contributed by atoms with Gasteiger partial charge in [0.2, 0.25) is 5.91 Å². The molecule has 2 rings (SSSR count). The third kappa shape index (κ3) is 4.77. The molecule has 1 saturated heterocycles. The van der Waals surface area contributed by atoms with Gasteiger partial charge in [0, 0.05) is 25.2 Å². The minimum Gasteiger partial charge on any atom is -0.394 e. The Hall–Kier alpha value is -1.58. The molecule has 0 unspecified atom stereocenters. The van der Waals surface area contributed by atoms with Gasteiger partial charge in [0.1, 0.15) is 5.82 Å². The topological polar surface area (TPSA) is 85.7 Å². The molecule has 2 heterocycles. The number of amides is 1. The van der Waals surface area contributed by atoms with E-state index in [-0.39, 0.29) is 35.9 Å². The first-order valence-electron chi connectivity index (χ1n) is 8.11. The lowest BCUT2D eigenvalue weighted by Gasteiger charge is -2.35. The van der Waals surface area contributed by atoms with Crippen LogP contribution in [0, 0.1) is 5.92 Å². The van der Waals surface area contributed by atoms with Crippen LogP contribution in [0.15, 0.2) is 12.3 Å². The predicted octanol–water partition coefficient (Wildman–Crippen LogP) is 1.83. The summed E-state index contributed by atoms with van der Waals surface area (Å²) in [4.78, 5) is 17.8. The van der Waals surface area contributed by atoms with Crippen LogP contribution in [-0.2, 0) is 11.0 Å². The summed E-state index contributed by atoms with van der Waals surface area (Å²) in [5, 5.41) is 21.0. The molecule has 0 saturated carbocycles. The highest BCUT2D eigenvalue weighted by atomic mass is 35.5. The number of halogens is 4. The molecule has 0 bridgehead atoms. The second-order valence-corrected chi connectivity index (χ2v) is 7.06. The van der Waals surface area contributed by atoms with Crippen LogP contribution in [0.2, 0.25) is 5.02 Å². The highest BCUT2D eigenvalue weighted by molar-refractivity contribution is 6.33. The number of piperidine rings is 1. The smallest absolute Gasteiger partial charge is 0.394 e. The molecule has 3 N–H and O–H groups in total. The molecule has 1 aliphatic rings. The molecule has 1 aliphatic heterocycles. The Labute approximate surface area is 154 Å². The minimum atomic E-state index is -4.51. The highest BCUT2D eigenvalue weighted by Crippen LogP contribution is 2.34. The summed E-state index contributed by atoms with van der Waals surface area (Å²) in [6, 6.07) is 0.844. The summed E-state index contributed by atoms with van der Waals surface area (Å²) >= 11 is 5.95. The Bertz CT molecular complexity index is 645. The maximum Gasteiger partial charge on any atom is 0.417 e. The van der Waals surface area contributed by atoms with Gasteiger partial charge in [-0.2, -0.15) is 13.2 Å². The molecule has 1 fully saturated rings. The van der Waals surface area contributed by atoms with Crippen molar-refractivity contribution in [3.8, 4) is 0 Å². The van der Waals surface area contributed by atoms with E-state index in [0.717, 1.165) is 12.3 Å². The molecule has 0 atom stereocenters. The third-order valence-electron chi connectivity index (χ3n) is 4.44. The fourth-order valence-corrected chi connectivity index (χ4v) is 2.99. The number of carbonyl (C=O) groups excluding carboxylic acids is 1. The second kappa shape index (κ2) is 7.98. The lowest BCUT2D eigenvalue weighted by molar-refractivity contribution is -0.137. The van der Waals surface area contributed by atoms with Gasteiger partial charge in [-0.05, 0) is 25.8 Å². The average Bonchev–Trinajstić information content (AvgIpc) is 2.61. The summed E-state index contributed by atoms with van der Waals surface area (Å²) in [6.07, 6.45) is -2.85. The number of hydrogen-bond acceptors (Lipinski definition) is 5. The Morgan fingerprint density at radius 3 is 2.38 bits per heavy atom. The first-order valence-corrected chi connectivity index (χ1v) is 8.49. The van der Waals surface area contributed by atoms with Crippen LogP contribution in [0.5, 0.6) is 0 Å². The largest absolute Gasteiger partial charge is 0.417 e. The standard InChI is InChI=1S/C16H21ClF3N3O3/c1-15(8-24,9-25)22-14(26)10-2-4-23(5-3-10)13-12(17)6-11(7-21-13)16(18,19)20/h6-7,10,24-25H,2-5,8-9H2,1H3,(H,22,26). The molecule has 10 heteroatoms. The van der Waals surface area contributed by atoms with Crippen molar-refractivity contribution in [1.29, 1.82) is 0 Å². The molecule has 0 spiro atoms. The zero-order chi connectivity index (χ0) is 19.5. The van der Waals surface area contributed by atoms with E-state index in [9.17, 15) is 28.2 Å². The summed E-state index contributed by atoms with van der Waals surface area (Å²) < 4.78 is 38.1. The Balaban J connectivity index is 1.99. The van der Waals surface area contributed by atoms with Crippen LogP contribution in [0.25, 0.3) is 0 Å². The van der Waals surface area contributed by atoms with E-state index in [0.29, 0.717) is 25.9 Å². The molecule has 0 radical (unpaired) electrons. The van der Waals surface area contributed by atoms with Crippen molar-refractivity contribution in [3.05, 3.63) is 22.8 Å². The van der Waals surface area contributed by atoms with E-state index in [1.807, 2.05) is 0 Å². The molecule has 1 aromatic rings. The number of rotatable bonds is 5. The fourth-order valence-electron chi connectivity index (χ4n) is 2.70. The summed E-state index contributed by atoms with van der Waals surface area (Å²) in [5.41, 5.74) is -2.00. The van der Waals surface area contributed by atoms with Crippen molar-refractivity contribution in [2.75, 3.05) is 31.2 Å². The number of anilines is 1. The van der Waals surface area contributed by atoms with Crippen LogP contribution in [0.1, 0.15) is 25.3 Å². The van der Waals surface area contributed by atoms with Crippen molar-refractivity contribution < 1.29 is 28.2 Å². The van der Waals surface area contributed by atoms with Crippen molar-refractivity contribution in [3.63, 3.8) is 0 Å². The number of aliphatic hydroxyl groups excluding tert-OH is 2. The van der Waals surface area contributed by atoms with Crippen LogP contribution in [-0.4, -0.2) is 52.9 Å². The number of alkyl halides is 3. The number of nitrogens with zero attached hydrogens (tertiary/aromatic N) is 2. The van der Waals surface area contributed by atoms with Crippen molar-refractivity contribution >= 4 is 23.3 Å². The molecule has 1 aromatic heterocycles. The number of pyridine rings is 1. The summed E-state index contributed by atoms with van der Waals surface area (Å²) in [6.45, 7) is 1.57. The van der Waals surface area contributed by atoms with Gasteiger partial charge >= 0.3 is 6.18 Å². The average molecular weight is 396 g/mol. The van der Waals surface area contributed by atoms with Gasteiger partial charge in [-0.1, -0.05) is 11.6 Å². The van der Waals surface area contributed by atoms with Crippen molar-refractivity contribution in [2.45, 2.75) is 31.5 Å². The summed E-state index contributed by atoms with van der Waals surface area (Å²) in [7, 11) is 0. The van der Waals surface area contributed by atoms with Crippen LogP contribution in [0.3, 0.4) is 0 Å². The third-order valence-corrected chi connectivity index (χ3v) is 4.72. The van der Waals surface area contributed by atoms with Gasteiger partial charge in [0.25, 0.3) is 0 Å². The Morgan fingerprint density at radius 1 is 1.35 bits per heavy atom. The van der Waals surface area contributed by atoms with E-state index in [1.54, 1.807) is 4.90 Å². The fraction of sp³-hybridized carbons (Fsp3) is 0.625. The quantitative estimate of drug-likeness (QED) is 0.708. The van der Waals surface area contributed by atoms with Crippen LogP contribution in [0.4, 0.5) is 19.0 Å². The molecule has 0 aromatic carbocycles. The zero-order valence-electron chi connectivity index (χ0n) is 14.2. The van der Waals surface area contributed by atoms with Crippen molar-refractivity contribution in [2.24, 2.45) is 5.92 Å². The van der Waals surface area contributed by atoms with Gasteiger partial charge in [0.05, 0.1) is 29.3 Å². The van der Waals surface area contributed by atoms with Crippen LogP contribution >= 0.6 is 11.6 Å². The van der Waals surface area contributed by atoms with E-state index < -0.39 is 17.3 Å². The number of carbonyl (C=O) groups is 1. The Kier molecular flexibility index (Phi) is 6.36. The lowest BCUT2D eigenvalue weighted by Crippen LogP contribution is -2.54. The molecule has 0 aliphatic carbocycles. The van der Waals surface area contributed by atoms with Crippen molar-refractivity contribution in [1.82, 2.24) is 10.3 Å². The monoisotopic (exact) mass is 395 g/mol. The Morgan fingerprint density at radius 2 is 1.92 bits per heavy atom. The van der Waals surface area contributed by atoms with E-state index >= 15 is 0 Å². The van der Waals surface area contributed by atoms with Gasteiger partial charge in [-0.25, -0.2) is 4.98 Å². The normalized spacial score (nSPS) is 16.7. The predicted molar refractivity (Wildman–Crippen MR) is 89.9 cm³/mol. The SMILES string of the molecule is CC(CO)(CO)NC(=O)C1CCN(c2ncc(C(F)(F)F)cc2Cl)CC1. The van der Waals surface area contributed by atoms with Gasteiger partial charge in [-0.15, -0.1) is 0 Å². The molecule has 6 nitrogen and oxygen atoms in total.